The highest BCUT2D eigenvalue weighted by Crippen LogP contribution is 2.41. The number of aryl methyl sites for hydroxylation is 2. The second kappa shape index (κ2) is 9.24. The van der Waals surface area contributed by atoms with Crippen LogP contribution in [0.15, 0.2) is 83.3 Å². The lowest BCUT2D eigenvalue weighted by Gasteiger charge is -2.18. The van der Waals surface area contributed by atoms with Crippen molar-refractivity contribution in [2.45, 2.75) is 40.0 Å². The quantitative estimate of drug-likeness (QED) is 0.267. The maximum Gasteiger partial charge on any atom is 0.0914 e. The molecule has 0 aliphatic rings. The molecule has 4 nitrogen and oxygen atoms in total. The number of aliphatic hydroxyl groups is 1. The molecule has 172 valence electrons. The van der Waals surface area contributed by atoms with Gasteiger partial charge in [-0.1, -0.05) is 72.3 Å². The molecule has 2 aromatic heterocycles. The van der Waals surface area contributed by atoms with Crippen molar-refractivity contribution in [3.05, 3.63) is 100 Å². The van der Waals surface area contributed by atoms with E-state index in [4.69, 9.17) is 0 Å². The Hall–Kier alpha value is -3.15. The monoisotopic (exact) mass is 513 g/mol. The highest BCUT2D eigenvalue weighted by molar-refractivity contribution is 9.10. The molecule has 34 heavy (non-hydrogen) atoms. The number of fused-ring (bicyclic) bond motifs is 1. The molecular formula is C29H28BrN3O. The molecule has 1 atom stereocenters. The van der Waals surface area contributed by atoms with Crippen LogP contribution in [-0.4, -0.2) is 25.6 Å². The standard InChI is InChI=1S/C29H28BrN3O/c1-19-14-15-26-25(16-19)27(22-10-6-4-7-11-22)29(23-12-8-5-9-13-23)32(26)17-24(34)18-33-21(3)28(30)20(2)31-33/h4-16,24,34H,17-18H2,1-3H3. The topological polar surface area (TPSA) is 43.0 Å². The van der Waals surface area contributed by atoms with Crippen molar-refractivity contribution in [3.8, 4) is 22.4 Å². The van der Waals surface area contributed by atoms with Gasteiger partial charge in [-0.25, -0.2) is 0 Å². The number of hydrogen-bond donors (Lipinski definition) is 1. The summed E-state index contributed by atoms with van der Waals surface area (Å²) in [6.45, 7) is 7.02. The van der Waals surface area contributed by atoms with Crippen molar-refractivity contribution in [1.82, 2.24) is 14.3 Å². The van der Waals surface area contributed by atoms with E-state index in [1.54, 1.807) is 0 Å². The fourth-order valence-corrected chi connectivity index (χ4v) is 5.06. The van der Waals surface area contributed by atoms with Crippen molar-refractivity contribution in [1.29, 1.82) is 0 Å². The number of aromatic nitrogens is 3. The maximum absolute atomic E-state index is 11.2. The van der Waals surface area contributed by atoms with Gasteiger partial charge >= 0.3 is 0 Å². The summed E-state index contributed by atoms with van der Waals surface area (Å²) in [5.74, 6) is 0. The molecule has 0 fully saturated rings. The summed E-state index contributed by atoms with van der Waals surface area (Å²) in [6, 6.07) is 27.6. The van der Waals surface area contributed by atoms with Gasteiger partial charge in [0.1, 0.15) is 0 Å². The Morgan fingerprint density at radius 2 is 1.50 bits per heavy atom. The Bertz CT molecular complexity index is 1450. The zero-order valence-corrected chi connectivity index (χ0v) is 21.2. The maximum atomic E-state index is 11.2. The third-order valence-corrected chi connectivity index (χ3v) is 7.55. The average Bonchev–Trinajstić information content (AvgIpc) is 3.28. The molecule has 3 aromatic carbocycles. The summed E-state index contributed by atoms with van der Waals surface area (Å²) in [6.07, 6.45) is -0.604. The molecule has 0 spiro atoms. The van der Waals surface area contributed by atoms with Crippen molar-refractivity contribution in [2.75, 3.05) is 0 Å². The number of nitrogens with zero attached hydrogens (tertiary/aromatic N) is 3. The van der Waals surface area contributed by atoms with Crippen molar-refractivity contribution < 1.29 is 5.11 Å². The molecule has 2 heterocycles. The molecule has 1 N–H and O–H groups in total. The first-order chi connectivity index (χ1) is 16.4. The summed E-state index contributed by atoms with van der Waals surface area (Å²) in [5.41, 5.74) is 8.93. The predicted molar refractivity (Wildman–Crippen MR) is 143 cm³/mol. The molecule has 0 bridgehead atoms. The Kier molecular flexibility index (Phi) is 6.15. The van der Waals surface area contributed by atoms with Crippen LogP contribution in [0.1, 0.15) is 17.0 Å². The smallest absolute Gasteiger partial charge is 0.0914 e. The molecule has 0 saturated heterocycles. The van der Waals surface area contributed by atoms with E-state index in [1.165, 1.54) is 22.1 Å². The molecule has 5 rings (SSSR count). The summed E-state index contributed by atoms with van der Waals surface area (Å²) in [7, 11) is 0. The van der Waals surface area contributed by atoms with Crippen LogP contribution >= 0.6 is 15.9 Å². The number of rotatable bonds is 6. The molecule has 0 aliphatic heterocycles. The van der Waals surface area contributed by atoms with Crippen LogP contribution in [0.5, 0.6) is 0 Å². The van der Waals surface area contributed by atoms with Gasteiger partial charge in [0.2, 0.25) is 0 Å². The van der Waals surface area contributed by atoms with Crippen LogP contribution in [0.2, 0.25) is 0 Å². The van der Waals surface area contributed by atoms with Crippen LogP contribution in [0, 0.1) is 20.8 Å². The molecule has 5 heteroatoms. The van der Waals surface area contributed by atoms with Crippen LogP contribution in [0.3, 0.4) is 0 Å². The van der Waals surface area contributed by atoms with Gasteiger partial charge in [0, 0.05) is 22.2 Å². The van der Waals surface area contributed by atoms with Gasteiger partial charge in [-0.3, -0.25) is 4.68 Å². The lowest BCUT2D eigenvalue weighted by atomic mass is 9.98. The van der Waals surface area contributed by atoms with Gasteiger partial charge in [0.15, 0.2) is 0 Å². The molecule has 0 saturated carbocycles. The zero-order valence-electron chi connectivity index (χ0n) is 19.7. The number of benzene rings is 3. The van der Waals surface area contributed by atoms with E-state index in [1.807, 2.05) is 30.7 Å². The van der Waals surface area contributed by atoms with Crippen LogP contribution in [0.25, 0.3) is 33.3 Å². The second-order valence-electron chi connectivity index (χ2n) is 8.91. The van der Waals surface area contributed by atoms with Gasteiger partial charge in [-0.2, -0.15) is 5.10 Å². The molecule has 5 aromatic rings. The van der Waals surface area contributed by atoms with E-state index >= 15 is 0 Å². The Labute approximate surface area is 208 Å². The van der Waals surface area contributed by atoms with Crippen molar-refractivity contribution in [2.24, 2.45) is 0 Å². The third kappa shape index (κ3) is 4.10. The van der Waals surface area contributed by atoms with Gasteiger partial charge in [-0.05, 0) is 60.0 Å². The minimum absolute atomic E-state index is 0.429. The van der Waals surface area contributed by atoms with Gasteiger partial charge in [0.05, 0.1) is 35.1 Å². The largest absolute Gasteiger partial charge is 0.389 e. The molecule has 0 aliphatic carbocycles. The molecule has 1 unspecified atom stereocenters. The van der Waals surface area contributed by atoms with Gasteiger partial charge in [0.25, 0.3) is 0 Å². The predicted octanol–water partition coefficient (Wildman–Crippen LogP) is 6.92. The van der Waals surface area contributed by atoms with Gasteiger partial charge in [-0.15, -0.1) is 0 Å². The first-order valence-corrected chi connectivity index (χ1v) is 12.3. The number of hydrogen-bond acceptors (Lipinski definition) is 2. The van der Waals surface area contributed by atoms with E-state index in [0.29, 0.717) is 13.1 Å². The summed E-state index contributed by atoms with van der Waals surface area (Å²) in [5, 5.41) is 17.0. The SMILES string of the molecule is Cc1ccc2c(c1)c(-c1ccccc1)c(-c1ccccc1)n2CC(O)Cn1nc(C)c(Br)c1C. The van der Waals surface area contributed by atoms with E-state index in [0.717, 1.165) is 32.6 Å². The Morgan fingerprint density at radius 1 is 0.853 bits per heavy atom. The summed E-state index contributed by atoms with van der Waals surface area (Å²) >= 11 is 3.60. The van der Waals surface area contributed by atoms with E-state index in [2.05, 4.69) is 99.2 Å². The van der Waals surface area contributed by atoms with Crippen LogP contribution in [0.4, 0.5) is 0 Å². The summed E-state index contributed by atoms with van der Waals surface area (Å²) in [4.78, 5) is 0. The fourth-order valence-electron chi connectivity index (χ4n) is 4.77. The second-order valence-corrected chi connectivity index (χ2v) is 9.70. The van der Waals surface area contributed by atoms with Crippen molar-refractivity contribution >= 4 is 26.8 Å². The molecule has 0 radical (unpaired) electrons. The normalized spacial score (nSPS) is 12.4. The Balaban J connectivity index is 1.68. The number of halogens is 1. The lowest BCUT2D eigenvalue weighted by molar-refractivity contribution is 0.131. The average molecular weight is 514 g/mol. The molecular weight excluding hydrogens is 486 g/mol. The number of aliphatic hydroxyl groups excluding tert-OH is 1. The van der Waals surface area contributed by atoms with E-state index in [-0.39, 0.29) is 0 Å². The van der Waals surface area contributed by atoms with Crippen LogP contribution in [-0.2, 0) is 13.1 Å². The highest BCUT2D eigenvalue weighted by atomic mass is 79.9. The lowest BCUT2D eigenvalue weighted by Crippen LogP contribution is -2.23. The van der Waals surface area contributed by atoms with Crippen molar-refractivity contribution in [3.63, 3.8) is 0 Å². The van der Waals surface area contributed by atoms with Crippen LogP contribution < -0.4 is 0 Å². The highest BCUT2D eigenvalue weighted by Gasteiger charge is 2.22. The first kappa shape index (κ1) is 22.6. The third-order valence-electron chi connectivity index (χ3n) is 6.40. The van der Waals surface area contributed by atoms with E-state index < -0.39 is 6.10 Å². The van der Waals surface area contributed by atoms with E-state index in [9.17, 15) is 5.11 Å². The minimum atomic E-state index is -0.604. The van der Waals surface area contributed by atoms with Gasteiger partial charge < -0.3 is 9.67 Å². The zero-order chi connectivity index (χ0) is 23.8. The first-order valence-electron chi connectivity index (χ1n) is 11.5. The molecule has 0 amide bonds. The fraction of sp³-hybridized carbons (Fsp3) is 0.207. The summed E-state index contributed by atoms with van der Waals surface area (Å²) < 4.78 is 5.16. The Morgan fingerprint density at radius 3 is 2.12 bits per heavy atom. The minimum Gasteiger partial charge on any atom is -0.389 e.